The Hall–Kier alpha value is -1.69. The maximum absolute atomic E-state index is 10.9. The van der Waals surface area contributed by atoms with Crippen molar-refractivity contribution in [2.75, 3.05) is 36.4 Å². The maximum atomic E-state index is 10.9. The summed E-state index contributed by atoms with van der Waals surface area (Å²) < 4.78 is 0. The van der Waals surface area contributed by atoms with Gasteiger partial charge < -0.3 is 10.2 Å². The molecule has 1 aliphatic rings. The summed E-state index contributed by atoms with van der Waals surface area (Å²) in [6.45, 7) is 9.92. The van der Waals surface area contributed by atoms with Gasteiger partial charge in [0, 0.05) is 39.1 Å². The predicted molar refractivity (Wildman–Crippen MR) is 75.3 cm³/mol. The van der Waals surface area contributed by atoms with Gasteiger partial charge in [-0.05, 0) is 26.0 Å². The fourth-order valence-corrected chi connectivity index (χ4v) is 2.21. The molecule has 1 saturated heterocycles. The van der Waals surface area contributed by atoms with E-state index < -0.39 is 0 Å². The second-order valence-electron chi connectivity index (χ2n) is 5.07. The first kappa shape index (κ1) is 13.7. The fraction of sp³-hybridized carbons (Fsp3) is 0.615. The minimum absolute atomic E-state index is 0.132. The molecule has 0 saturated carbocycles. The molecule has 6 nitrogen and oxygen atoms in total. The number of rotatable bonds is 3. The number of amides is 1. The van der Waals surface area contributed by atoms with E-state index >= 15 is 0 Å². The average Bonchev–Trinajstić information content (AvgIpc) is 2.39. The number of hydrogen-bond acceptors (Lipinski definition) is 5. The molecule has 0 atom stereocenters. The Kier molecular flexibility index (Phi) is 4.31. The van der Waals surface area contributed by atoms with Crippen molar-refractivity contribution < 1.29 is 4.79 Å². The van der Waals surface area contributed by atoms with Crippen molar-refractivity contribution in [2.24, 2.45) is 0 Å². The van der Waals surface area contributed by atoms with E-state index in [1.165, 1.54) is 6.92 Å². The first-order chi connectivity index (χ1) is 9.06. The Morgan fingerprint density at radius 2 is 1.89 bits per heavy atom. The molecule has 19 heavy (non-hydrogen) atoms. The highest BCUT2D eigenvalue weighted by atomic mass is 16.1. The van der Waals surface area contributed by atoms with Crippen LogP contribution in [0.3, 0.4) is 0 Å². The highest BCUT2D eigenvalue weighted by Crippen LogP contribution is 2.15. The molecule has 1 aliphatic heterocycles. The monoisotopic (exact) mass is 263 g/mol. The number of nitrogens with zero attached hydrogens (tertiary/aromatic N) is 4. The van der Waals surface area contributed by atoms with Crippen LogP contribution in [0.4, 0.5) is 11.6 Å². The molecule has 0 spiro atoms. The van der Waals surface area contributed by atoms with Crippen LogP contribution in [0.25, 0.3) is 0 Å². The van der Waals surface area contributed by atoms with Crippen LogP contribution in [0.15, 0.2) is 12.1 Å². The lowest BCUT2D eigenvalue weighted by atomic mass is 10.2. The van der Waals surface area contributed by atoms with E-state index in [0.29, 0.717) is 11.9 Å². The molecule has 1 N–H and O–H groups in total. The summed E-state index contributed by atoms with van der Waals surface area (Å²) in [6.07, 6.45) is 0. The van der Waals surface area contributed by atoms with E-state index in [1.807, 2.05) is 6.07 Å². The minimum atomic E-state index is -0.132. The van der Waals surface area contributed by atoms with Crippen LogP contribution in [0, 0.1) is 0 Å². The summed E-state index contributed by atoms with van der Waals surface area (Å²) in [4.78, 5) is 15.6. The maximum Gasteiger partial charge on any atom is 0.222 e. The molecule has 0 aliphatic carbocycles. The van der Waals surface area contributed by atoms with Crippen molar-refractivity contribution in [2.45, 2.75) is 26.8 Å². The van der Waals surface area contributed by atoms with Gasteiger partial charge in [0.05, 0.1) is 0 Å². The van der Waals surface area contributed by atoms with E-state index in [-0.39, 0.29) is 5.91 Å². The van der Waals surface area contributed by atoms with Crippen LogP contribution in [-0.2, 0) is 4.79 Å². The molecule has 0 unspecified atom stereocenters. The summed E-state index contributed by atoms with van der Waals surface area (Å²) >= 11 is 0. The summed E-state index contributed by atoms with van der Waals surface area (Å²) in [5.74, 6) is 1.24. The van der Waals surface area contributed by atoms with Crippen LogP contribution in [0.5, 0.6) is 0 Å². The molecule has 104 valence electrons. The Labute approximate surface area is 113 Å². The molecule has 0 bridgehead atoms. The van der Waals surface area contributed by atoms with Crippen molar-refractivity contribution >= 4 is 17.5 Å². The first-order valence-corrected chi connectivity index (χ1v) is 6.66. The van der Waals surface area contributed by atoms with Crippen molar-refractivity contribution in [3.63, 3.8) is 0 Å². The molecular formula is C13H21N5O. The van der Waals surface area contributed by atoms with Crippen molar-refractivity contribution in [3.05, 3.63) is 12.1 Å². The molecule has 0 aromatic carbocycles. The van der Waals surface area contributed by atoms with Crippen LogP contribution in [-0.4, -0.2) is 53.2 Å². The summed E-state index contributed by atoms with van der Waals surface area (Å²) in [6, 6.07) is 4.29. The lowest BCUT2D eigenvalue weighted by Crippen LogP contribution is -2.49. The van der Waals surface area contributed by atoms with Crippen LogP contribution >= 0.6 is 0 Å². The van der Waals surface area contributed by atoms with Gasteiger partial charge in [0.25, 0.3) is 0 Å². The third kappa shape index (κ3) is 3.64. The molecule has 1 aromatic rings. The average molecular weight is 263 g/mol. The first-order valence-electron chi connectivity index (χ1n) is 6.66. The van der Waals surface area contributed by atoms with Crippen molar-refractivity contribution in [3.8, 4) is 0 Å². The number of anilines is 2. The fourth-order valence-electron chi connectivity index (χ4n) is 2.21. The van der Waals surface area contributed by atoms with Gasteiger partial charge in [-0.1, -0.05) is 0 Å². The number of carbonyl (C=O) groups is 1. The van der Waals surface area contributed by atoms with E-state index in [2.05, 4.69) is 39.2 Å². The zero-order valence-electron chi connectivity index (χ0n) is 11.8. The van der Waals surface area contributed by atoms with E-state index in [9.17, 15) is 4.79 Å². The third-order valence-corrected chi connectivity index (χ3v) is 3.32. The second-order valence-corrected chi connectivity index (χ2v) is 5.07. The van der Waals surface area contributed by atoms with Gasteiger partial charge in [0.1, 0.15) is 0 Å². The highest BCUT2D eigenvalue weighted by Gasteiger charge is 2.19. The molecular weight excluding hydrogens is 242 g/mol. The van der Waals surface area contributed by atoms with E-state index in [1.54, 1.807) is 6.07 Å². The Morgan fingerprint density at radius 3 is 2.37 bits per heavy atom. The topological polar surface area (TPSA) is 61.4 Å². The summed E-state index contributed by atoms with van der Waals surface area (Å²) in [7, 11) is 0. The number of nitrogens with one attached hydrogen (secondary N) is 1. The number of piperazine rings is 1. The van der Waals surface area contributed by atoms with Gasteiger partial charge in [-0.15, -0.1) is 10.2 Å². The predicted octanol–water partition coefficient (Wildman–Crippen LogP) is 0.965. The lowest BCUT2D eigenvalue weighted by Gasteiger charge is -2.37. The Balaban J connectivity index is 1.94. The number of carbonyl (C=O) groups excluding carboxylic acids is 1. The molecule has 1 fully saturated rings. The van der Waals surface area contributed by atoms with Gasteiger partial charge >= 0.3 is 0 Å². The standard InChI is InChI=1S/C13H21N5O/c1-10(2)17-6-8-18(9-7-17)13-5-4-12(15-16-13)14-11(3)19/h4-5,10H,6-9H2,1-3H3,(H,14,15,19). The van der Waals surface area contributed by atoms with Gasteiger partial charge in [-0.2, -0.15) is 0 Å². The van der Waals surface area contributed by atoms with E-state index in [0.717, 1.165) is 32.0 Å². The molecule has 6 heteroatoms. The summed E-state index contributed by atoms with van der Waals surface area (Å²) in [5.41, 5.74) is 0. The highest BCUT2D eigenvalue weighted by molar-refractivity contribution is 5.87. The van der Waals surface area contributed by atoms with Gasteiger partial charge in [-0.3, -0.25) is 9.69 Å². The third-order valence-electron chi connectivity index (χ3n) is 3.32. The van der Waals surface area contributed by atoms with Crippen LogP contribution in [0.1, 0.15) is 20.8 Å². The van der Waals surface area contributed by atoms with Crippen molar-refractivity contribution in [1.82, 2.24) is 15.1 Å². The number of aromatic nitrogens is 2. The Morgan fingerprint density at radius 1 is 1.21 bits per heavy atom. The van der Waals surface area contributed by atoms with Crippen LogP contribution in [0.2, 0.25) is 0 Å². The molecule has 2 heterocycles. The molecule has 0 radical (unpaired) electrons. The normalized spacial score (nSPS) is 16.7. The summed E-state index contributed by atoms with van der Waals surface area (Å²) in [5, 5.41) is 10.8. The smallest absolute Gasteiger partial charge is 0.222 e. The minimum Gasteiger partial charge on any atom is -0.353 e. The van der Waals surface area contributed by atoms with E-state index in [4.69, 9.17) is 0 Å². The zero-order chi connectivity index (χ0) is 13.8. The quantitative estimate of drug-likeness (QED) is 0.880. The SMILES string of the molecule is CC(=O)Nc1ccc(N2CCN(C(C)C)CC2)nn1. The molecule has 2 rings (SSSR count). The largest absolute Gasteiger partial charge is 0.353 e. The molecule has 1 amide bonds. The second kappa shape index (κ2) is 5.97. The Bertz CT molecular complexity index is 423. The van der Waals surface area contributed by atoms with Gasteiger partial charge in [-0.25, -0.2) is 0 Å². The lowest BCUT2D eigenvalue weighted by molar-refractivity contribution is -0.114. The van der Waals surface area contributed by atoms with Gasteiger partial charge in [0.15, 0.2) is 11.6 Å². The van der Waals surface area contributed by atoms with Crippen molar-refractivity contribution in [1.29, 1.82) is 0 Å². The molecule has 1 aromatic heterocycles. The zero-order valence-corrected chi connectivity index (χ0v) is 11.8. The van der Waals surface area contributed by atoms with Gasteiger partial charge in [0.2, 0.25) is 5.91 Å². The van der Waals surface area contributed by atoms with Crippen LogP contribution < -0.4 is 10.2 Å². The number of hydrogen-bond donors (Lipinski definition) is 1.